The van der Waals surface area contributed by atoms with Crippen molar-refractivity contribution in [2.45, 2.75) is 20.0 Å². The molecule has 2 aromatic carbocycles. The Morgan fingerprint density at radius 2 is 1.86 bits per heavy atom. The SMILES string of the molecule is CCn1c(Cn2ccc(-c3cccc([N+](=O)[O-])c3)n2)cc(=O)c(C(=O)O)c1-c1ccc(Cl)c(Cl)c1. The lowest BCUT2D eigenvalue weighted by Gasteiger charge is -2.20. The molecule has 2 heterocycles. The van der Waals surface area contributed by atoms with Gasteiger partial charge in [-0.25, -0.2) is 4.79 Å². The molecule has 0 fully saturated rings. The predicted octanol–water partition coefficient (Wildman–Crippen LogP) is 5.36. The monoisotopic (exact) mass is 512 g/mol. The van der Waals surface area contributed by atoms with Crippen molar-refractivity contribution < 1.29 is 14.8 Å². The lowest BCUT2D eigenvalue weighted by Crippen LogP contribution is -2.24. The summed E-state index contributed by atoms with van der Waals surface area (Å²) < 4.78 is 3.30. The molecule has 2 aromatic heterocycles. The summed E-state index contributed by atoms with van der Waals surface area (Å²) in [4.78, 5) is 35.5. The van der Waals surface area contributed by atoms with Crippen molar-refractivity contribution in [1.29, 1.82) is 0 Å². The van der Waals surface area contributed by atoms with E-state index in [1.807, 2.05) is 6.92 Å². The van der Waals surface area contributed by atoms with Crippen LogP contribution in [0.2, 0.25) is 10.0 Å². The van der Waals surface area contributed by atoms with Gasteiger partial charge < -0.3 is 9.67 Å². The van der Waals surface area contributed by atoms with Crippen LogP contribution in [-0.2, 0) is 13.1 Å². The van der Waals surface area contributed by atoms with Gasteiger partial charge in [0.2, 0.25) is 0 Å². The van der Waals surface area contributed by atoms with Crippen LogP contribution in [0.15, 0.2) is 65.6 Å². The molecule has 0 saturated carbocycles. The normalized spacial score (nSPS) is 10.9. The molecule has 0 atom stereocenters. The number of aromatic nitrogens is 3. The second kappa shape index (κ2) is 9.73. The lowest BCUT2D eigenvalue weighted by molar-refractivity contribution is -0.384. The number of non-ortho nitro benzene ring substituents is 1. The first-order valence-electron chi connectivity index (χ1n) is 10.4. The molecule has 0 unspecified atom stereocenters. The van der Waals surface area contributed by atoms with Gasteiger partial charge in [0.15, 0.2) is 5.43 Å². The van der Waals surface area contributed by atoms with Gasteiger partial charge in [-0.3, -0.25) is 19.6 Å². The average Bonchev–Trinajstić information content (AvgIpc) is 3.29. The highest BCUT2D eigenvalue weighted by Crippen LogP contribution is 2.31. The number of benzene rings is 2. The van der Waals surface area contributed by atoms with Crippen molar-refractivity contribution in [2.24, 2.45) is 0 Å². The number of nitro groups is 1. The largest absolute Gasteiger partial charge is 0.477 e. The summed E-state index contributed by atoms with van der Waals surface area (Å²) in [5, 5.41) is 25.9. The molecule has 0 saturated heterocycles. The number of nitrogens with zero attached hydrogens (tertiary/aromatic N) is 4. The fourth-order valence-corrected chi connectivity index (χ4v) is 4.19. The molecule has 4 aromatic rings. The number of rotatable bonds is 7. The Labute approximate surface area is 208 Å². The first-order valence-corrected chi connectivity index (χ1v) is 11.2. The zero-order chi connectivity index (χ0) is 25.3. The molecule has 0 aliphatic carbocycles. The smallest absolute Gasteiger partial charge is 0.341 e. The molecule has 0 bridgehead atoms. The van der Waals surface area contributed by atoms with E-state index in [9.17, 15) is 24.8 Å². The van der Waals surface area contributed by atoms with E-state index in [1.54, 1.807) is 45.8 Å². The zero-order valence-corrected chi connectivity index (χ0v) is 19.8. The van der Waals surface area contributed by atoms with Crippen molar-refractivity contribution in [2.75, 3.05) is 0 Å². The molecule has 0 amide bonds. The van der Waals surface area contributed by atoms with Crippen LogP contribution in [0.5, 0.6) is 0 Å². The van der Waals surface area contributed by atoms with Crippen LogP contribution >= 0.6 is 23.2 Å². The summed E-state index contributed by atoms with van der Waals surface area (Å²) in [5.41, 5.74) is 1.21. The van der Waals surface area contributed by atoms with Crippen molar-refractivity contribution in [1.82, 2.24) is 14.3 Å². The first kappa shape index (κ1) is 24.2. The summed E-state index contributed by atoms with van der Waals surface area (Å²) in [6, 6.07) is 13.8. The molecular formula is C24H18Cl2N4O5. The number of carbonyl (C=O) groups is 1. The van der Waals surface area contributed by atoms with Crippen LogP contribution in [0.1, 0.15) is 23.0 Å². The van der Waals surface area contributed by atoms with Gasteiger partial charge in [-0.15, -0.1) is 0 Å². The number of carboxylic acid groups (broad SMARTS) is 1. The maximum absolute atomic E-state index is 12.9. The minimum atomic E-state index is -1.35. The first-order chi connectivity index (χ1) is 16.7. The van der Waals surface area contributed by atoms with Crippen LogP contribution in [0.4, 0.5) is 5.69 Å². The van der Waals surface area contributed by atoms with Gasteiger partial charge in [-0.05, 0) is 25.1 Å². The summed E-state index contributed by atoms with van der Waals surface area (Å²) in [7, 11) is 0. The Bertz CT molecular complexity index is 1530. The van der Waals surface area contributed by atoms with Gasteiger partial charge in [0, 0.05) is 47.8 Å². The topological polar surface area (TPSA) is 120 Å². The molecule has 11 heteroatoms. The van der Waals surface area contributed by atoms with Crippen molar-refractivity contribution in [3.8, 4) is 22.5 Å². The number of pyridine rings is 1. The minimum absolute atomic E-state index is 0.0487. The van der Waals surface area contributed by atoms with Crippen LogP contribution in [0.3, 0.4) is 0 Å². The Kier molecular flexibility index (Phi) is 6.72. The van der Waals surface area contributed by atoms with Gasteiger partial charge in [-0.1, -0.05) is 41.4 Å². The van der Waals surface area contributed by atoms with E-state index in [4.69, 9.17) is 23.2 Å². The molecule has 0 aliphatic heterocycles. The van der Waals surface area contributed by atoms with E-state index in [0.717, 1.165) is 0 Å². The van der Waals surface area contributed by atoms with E-state index >= 15 is 0 Å². The van der Waals surface area contributed by atoms with Crippen LogP contribution in [-0.4, -0.2) is 30.3 Å². The zero-order valence-electron chi connectivity index (χ0n) is 18.3. The van der Waals surface area contributed by atoms with Crippen molar-refractivity contribution >= 4 is 34.9 Å². The highest BCUT2D eigenvalue weighted by molar-refractivity contribution is 6.42. The average molecular weight is 513 g/mol. The minimum Gasteiger partial charge on any atom is -0.477 e. The third-order valence-electron chi connectivity index (χ3n) is 5.44. The fourth-order valence-electron chi connectivity index (χ4n) is 3.89. The van der Waals surface area contributed by atoms with E-state index in [0.29, 0.717) is 34.1 Å². The lowest BCUT2D eigenvalue weighted by atomic mass is 10.0. The number of hydrogen-bond donors (Lipinski definition) is 1. The Hall–Kier alpha value is -3.95. The van der Waals surface area contributed by atoms with Crippen LogP contribution in [0, 0.1) is 10.1 Å². The number of nitro benzene ring substituents is 1. The third-order valence-corrected chi connectivity index (χ3v) is 6.18. The number of aromatic carboxylic acids is 1. The maximum Gasteiger partial charge on any atom is 0.341 e. The Balaban J connectivity index is 1.80. The summed E-state index contributed by atoms with van der Waals surface area (Å²) in [6.07, 6.45) is 1.68. The number of carboxylic acids is 1. The third kappa shape index (κ3) is 4.82. The molecule has 0 spiro atoms. The van der Waals surface area contributed by atoms with Crippen molar-refractivity contribution in [3.63, 3.8) is 0 Å². The fraction of sp³-hybridized carbons (Fsp3) is 0.125. The van der Waals surface area contributed by atoms with Gasteiger partial charge >= 0.3 is 5.97 Å². The molecule has 35 heavy (non-hydrogen) atoms. The maximum atomic E-state index is 12.9. The molecule has 0 aliphatic rings. The predicted molar refractivity (Wildman–Crippen MR) is 132 cm³/mol. The number of hydrogen-bond acceptors (Lipinski definition) is 5. The molecule has 0 radical (unpaired) electrons. The molecule has 9 nitrogen and oxygen atoms in total. The summed E-state index contributed by atoms with van der Waals surface area (Å²) >= 11 is 12.2. The van der Waals surface area contributed by atoms with E-state index in [-0.39, 0.29) is 28.5 Å². The quantitative estimate of drug-likeness (QED) is 0.262. The summed E-state index contributed by atoms with van der Waals surface area (Å²) in [5.74, 6) is -1.35. The van der Waals surface area contributed by atoms with Gasteiger partial charge in [0.25, 0.3) is 5.69 Å². The van der Waals surface area contributed by atoms with Gasteiger partial charge in [0.05, 0.1) is 32.9 Å². The van der Waals surface area contributed by atoms with Gasteiger partial charge in [-0.2, -0.15) is 5.10 Å². The van der Waals surface area contributed by atoms with E-state index < -0.39 is 16.3 Å². The Morgan fingerprint density at radius 3 is 2.51 bits per heavy atom. The number of halogens is 2. The highest BCUT2D eigenvalue weighted by atomic mass is 35.5. The van der Waals surface area contributed by atoms with E-state index in [1.165, 1.54) is 24.3 Å². The van der Waals surface area contributed by atoms with Crippen LogP contribution in [0.25, 0.3) is 22.5 Å². The second-order valence-corrected chi connectivity index (χ2v) is 8.42. The molecule has 1 N–H and O–H groups in total. The van der Waals surface area contributed by atoms with Crippen molar-refractivity contribution in [3.05, 3.63) is 102 Å². The second-order valence-electron chi connectivity index (χ2n) is 7.61. The van der Waals surface area contributed by atoms with E-state index in [2.05, 4.69) is 5.10 Å². The molecular weight excluding hydrogens is 495 g/mol. The molecule has 4 rings (SSSR count). The summed E-state index contributed by atoms with van der Waals surface area (Å²) in [6.45, 7) is 2.36. The van der Waals surface area contributed by atoms with Gasteiger partial charge in [0.1, 0.15) is 5.56 Å². The van der Waals surface area contributed by atoms with Crippen LogP contribution < -0.4 is 5.43 Å². The highest BCUT2D eigenvalue weighted by Gasteiger charge is 2.22. The molecule has 178 valence electrons. The Morgan fingerprint density at radius 1 is 1.09 bits per heavy atom. The standard InChI is InChI=1S/C24H18Cl2N4O5/c1-2-29-17(13-28-9-8-20(27-28)14-4-3-5-16(10-14)30(34)35)12-21(31)22(24(32)33)23(29)15-6-7-18(25)19(26)11-15/h3-12H,2,13H2,1H3,(H,32,33).